The summed E-state index contributed by atoms with van der Waals surface area (Å²) in [7, 11) is -2.98. The van der Waals surface area contributed by atoms with Crippen molar-refractivity contribution in [3.63, 3.8) is 0 Å². The molecule has 0 amide bonds. The van der Waals surface area contributed by atoms with Crippen LogP contribution in [0.15, 0.2) is 22.6 Å². The minimum atomic E-state index is -2.98. The van der Waals surface area contributed by atoms with Gasteiger partial charge in [0.2, 0.25) is 0 Å². The van der Waals surface area contributed by atoms with E-state index in [0.29, 0.717) is 18.7 Å². The van der Waals surface area contributed by atoms with Crippen LogP contribution in [0, 0.1) is 0 Å². The summed E-state index contributed by atoms with van der Waals surface area (Å²) < 4.78 is 28.3. The summed E-state index contributed by atoms with van der Waals surface area (Å²) in [5.41, 5.74) is 0.735. The van der Waals surface area contributed by atoms with Crippen LogP contribution in [0.2, 0.25) is 0 Å². The van der Waals surface area contributed by atoms with E-state index < -0.39 is 15.8 Å². The Bertz CT molecular complexity index is 772. The van der Waals surface area contributed by atoms with E-state index in [1.165, 1.54) is 6.07 Å². The number of rotatable bonds is 2. The topological polar surface area (TPSA) is 101 Å². The molecule has 0 unspecified atom stereocenters. The predicted octanol–water partition coefficient (Wildman–Crippen LogP) is 0.112. The quantitative estimate of drug-likeness (QED) is 0.786. The number of benzene rings is 1. The Morgan fingerprint density at radius 2 is 1.95 bits per heavy atom. The number of carboxylic acids is 1. The first-order valence-electron chi connectivity index (χ1n) is 6.04. The fourth-order valence-electron chi connectivity index (χ4n) is 2.15. The number of hydrogen-bond donors (Lipinski definition) is 1. The van der Waals surface area contributed by atoms with Crippen LogP contribution in [0.1, 0.15) is 10.4 Å². The minimum absolute atomic E-state index is 0. The Morgan fingerprint density at radius 3 is 2.57 bits per heavy atom. The van der Waals surface area contributed by atoms with Gasteiger partial charge in [0, 0.05) is 13.1 Å². The Kier molecular flexibility index (Phi) is 4.32. The van der Waals surface area contributed by atoms with E-state index in [-0.39, 0.29) is 47.5 Å². The van der Waals surface area contributed by atoms with Gasteiger partial charge in [-0.15, -0.1) is 0 Å². The van der Waals surface area contributed by atoms with Crippen molar-refractivity contribution >= 4 is 51.8 Å². The summed E-state index contributed by atoms with van der Waals surface area (Å²) in [5.74, 6) is -0.966. The summed E-state index contributed by atoms with van der Waals surface area (Å²) in [5, 5.41) is 9.10. The Balaban J connectivity index is 0.00000161. The van der Waals surface area contributed by atoms with Crippen LogP contribution in [-0.2, 0) is 9.84 Å². The van der Waals surface area contributed by atoms with E-state index in [2.05, 4.69) is 4.98 Å². The molecule has 2 aromatic rings. The van der Waals surface area contributed by atoms with Crippen molar-refractivity contribution in [2.75, 3.05) is 29.5 Å². The molecular weight excluding hydrogens is 291 g/mol. The van der Waals surface area contributed by atoms with Crippen molar-refractivity contribution in [2.45, 2.75) is 0 Å². The number of aromatic carboxylic acids is 1. The third kappa shape index (κ3) is 3.07. The molecule has 1 N–H and O–H groups in total. The number of oxazole rings is 1. The standard InChI is InChI=1S/C12H12N2O5S.Li.H/c15-11(16)8-2-1-3-9-10(8)13-12(19-9)14-4-6-20(17,18)7-5-14;;/h1-3H,4-7H2,(H,15,16);;. The SMILES string of the molecule is O=C(O)c1cccc2oc(N3CCS(=O)(=O)CC3)nc12.[LiH]. The van der Waals surface area contributed by atoms with Crippen LogP contribution in [0.5, 0.6) is 0 Å². The molecule has 1 saturated heterocycles. The fourth-order valence-corrected chi connectivity index (χ4v) is 3.35. The molecule has 0 aliphatic carbocycles. The van der Waals surface area contributed by atoms with Crippen LogP contribution >= 0.6 is 0 Å². The number of aromatic nitrogens is 1. The molecule has 0 bridgehead atoms. The van der Waals surface area contributed by atoms with Crippen molar-refractivity contribution < 1.29 is 22.7 Å². The van der Waals surface area contributed by atoms with Gasteiger partial charge >= 0.3 is 24.8 Å². The van der Waals surface area contributed by atoms with Crippen LogP contribution in [0.4, 0.5) is 6.01 Å². The van der Waals surface area contributed by atoms with E-state index in [4.69, 9.17) is 9.52 Å². The Labute approximate surface area is 133 Å². The van der Waals surface area contributed by atoms with Crippen LogP contribution in [0.3, 0.4) is 0 Å². The molecule has 2 heterocycles. The van der Waals surface area contributed by atoms with Gasteiger partial charge in [0.1, 0.15) is 5.52 Å². The molecule has 0 radical (unpaired) electrons. The van der Waals surface area contributed by atoms with Crippen LogP contribution in [-0.4, -0.2) is 67.9 Å². The molecule has 108 valence electrons. The first-order chi connectivity index (χ1) is 9.46. The third-order valence-corrected chi connectivity index (χ3v) is 4.86. The van der Waals surface area contributed by atoms with Crippen molar-refractivity contribution in [2.24, 2.45) is 0 Å². The Morgan fingerprint density at radius 1 is 1.29 bits per heavy atom. The molecule has 0 atom stereocenters. The van der Waals surface area contributed by atoms with Crippen molar-refractivity contribution in [3.05, 3.63) is 23.8 Å². The molecule has 1 aromatic carbocycles. The second kappa shape index (κ2) is 5.71. The summed E-state index contributed by atoms with van der Waals surface area (Å²) in [4.78, 5) is 17.0. The molecule has 0 spiro atoms. The van der Waals surface area contributed by atoms with Gasteiger partial charge in [0.25, 0.3) is 6.01 Å². The molecule has 1 aromatic heterocycles. The molecule has 0 saturated carbocycles. The molecule has 1 aliphatic rings. The van der Waals surface area contributed by atoms with Gasteiger partial charge < -0.3 is 14.4 Å². The Hall–Kier alpha value is -1.49. The van der Waals surface area contributed by atoms with Crippen molar-refractivity contribution in [1.82, 2.24) is 4.98 Å². The third-order valence-electron chi connectivity index (χ3n) is 3.25. The molecule has 1 fully saturated rings. The van der Waals surface area contributed by atoms with E-state index in [1.54, 1.807) is 17.0 Å². The van der Waals surface area contributed by atoms with Gasteiger partial charge in [0.05, 0.1) is 17.1 Å². The van der Waals surface area contributed by atoms with Crippen LogP contribution in [0.25, 0.3) is 11.1 Å². The number of para-hydroxylation sites is 1. The summed E-state index contributed by atoms with van der Waals surface area (Å²) in [6.07, 6.45) is 0. The number of carbonyl (C=O) groups is 1. The van der Waals surface area contributed by atoms with Crippen molar-refractivity contribution in [3.8, 4) is 0 Å². The first-order valence-corrected chi connectivity index (χ1v) is 7.87. The normalized spacial score (nSPS) is 17.4. The van der Waals surface area contributed by atoms with Gasteiger partial charge in [-0.3, -0.25) is 0 Å². The molecule has 3 rings (SSSR count). The predicted molar refractivity (Wildman–Crippen MR) is 79.0 cm³/mol. The van der Waals surface area contributed by atoms with Gasteiger partial charge in [-0.05, 0) is 12.1 Å². The second-order valence-corrected chi connectivity index (χ2v) is 6.90. The van der Waals surface area contributed by atoms with E-state index in [1.807, 2.05) is 0 Å². The zero-order valence-electron chi connectivity index (χ0n) is 10.4. The average Bonchev–Trinajstić information content (AvgIpc) is 2.81. The van der Waals surface area contributed by atoms with Gasteiger partial charge in [-0.1, -0.05) is 6.07 Å². The van der Waals surface area contributed by atoms with E-state index in [9.17, 15) is 13.2 Å². The summed E-state index contributed by atoms with van der Waals surface area (Å²) >= 11 is 0. The zero-order chi connectivity index (χ0) is 14.3. The van der Waals surface area contributed by atoms with E-state index >= 15 is 0 Å². The van der Waals surface area contributed by atoms with E-state index in [0.717, 1.165) is 0 Å². The van der Waals surface area contributed by atoms with Gasteiger partial charge in [0.15, 0.2) is 15.4 Å². The molecule has 9 heteroatoms. The summed E-state index contributed by atoms with van der Waals surface area (Å²) in [6.45, 7) is 0.606. The molecule has 7 nitrogen and oxygen atoms in total. The zero-order valence-corrected chi connectivity index (χ0v) is 11.3. The summed E-state index contributed by atoms with van der Waals surface area (Å²) in [6, 6.07) is 4.95. The van der Waals surface area contributed by atoms with Crippen molar-refractivity contribution in [1.29, 1.82) is 0 Å². The van der Waals surface area contributed by atoms with Gasteiger partial charge in [-0.25, -0.2) is 13.2 Å². The first kappa shape index (κ1) is 15.9. The number of hydrogen-bond acceptors (Lipinski definition) is 6. The maximum absolute atomic E-state index is 11.4. The monoisotopic (exact) mass is 304 g/mol. The number of fused-ring (bicyclic) bond motifs is 1. The number of nitrogens with zero attached hydrogens (tertiary/aromatic N) is 2. The maximum atomic E-state index is 11.4. The average molecular weight is 304 g/mol. The second-order valence-electron chi connectivity index (χ2n) is 4.59. The van der Waals surface area contributed by atoms with Crippen LogP contribution < -0.4 is 4.90 Å². The molecule has 1 aliphatic heterocycles. The number of anilines is 1. The number of sulfone groups is 1. The molecule has 21 heavy (non-hydrogen) atoms. The molecular formula is C12H13LiN2O5S. The van der Waals surface area contributed by atoms with Gasteiger partial charge in [-0.2, -0.15) is 4.98 Å². The number of carboxylic acid groups (broad SMARTS) is 1. The fraction of sp³-hybridized carbons (Fsp3) is 0.333.